The molecule has 104 valence electrons. The molecule has 1 atom stereocenters. The molecule has 1 unspecified atom stereocenters. The number of nitrogens with one attached hydrogen (secondary N) is 1. The van der Waals surface area contributed by atoms with Crippen molar-refractivity contribution in [1.29, 1.82) is 0 Å². The molecule has 1 N–H and O–H groups in total. The molecule has 0 aliphatic heterocycles. The lowest BCUT2D eigenvalue weighted by atomic mass is 9.88. The minimum Gasteiger partial charge on any atom is -0.379 e. The van der Waals surface area contributed by atoms with Gasteiger partial charge in [-0.25, -0.2) is 4.98 Å². The van der Waals surface area contributed by atoms with Crippen molar-refractivity contribution < 1.29 is 0 Å². The average molecular weight is 352 g/mol. The summed E-state index contributed by atoms with van der Waals surface area (Å²) in [7, 11) is 0. The van der Waals surface area contributed by atoms with Gasteiger partial charge in [0.1, 0.15) is 0 Å². The molecule has 2 aromatic rings. The molecule has 1 aromatic carbocycles. The third-order valence-corrected chi connectivity index (χ3v) is 4.64. The van der Waals surface area contributed by atoms with Crippen LogP contribution in [0.25, 0.3) is 0 Å². The van der Waals surface area contributed by atoms with E-state index < -0.39 is 0 Å². The fraction of sp³-hybridized carbons (Fsp3) is 0.312. The van der Waals surface area contributed by atoms with Gasteiger partial charge in [0.2, 0.25) is 0 Å². The highest BCUT2D eigenvalue weighted by molar-refractivity contribution is 9.10. The number of anilines is 1. The zero-order chi connectivity index (χ0) is 14.1. The number of benzene rings is 1. The van der Waals surface area contributed by atoms with Gasteiger partial charge in [0.25, 0.3) is 0 Å². The maximum atomic E-state index is 6.19. The summed E-state index contributed by atoms with van der Waals surface area (Å²) in [6, 6.07) is 8.97. The zero-order valence-electron chi connectivity index (χ0n) is 11.3. The Bertz CT molecular complexity index is 622. The second-order valence-corrected chi connectivity index (χ2v) is 6.56. The Morgan fingerprint density at radius 2 is 2.15 bits per heavy atom. The minimum absolute atomic E-state index is 0.420. The maximum Gasteiger partial charge on any atom is 0.152 e. The third kappa shape index (κ3) is 2.84. The highest BCUT2D eigenvalue weighted by Crippen LogP contribution is 2.29. The van der Waals surface area contributed by atoms with Crippen LogP contribution in [0.3, 0.4) is 0 Å². The Hall–Kier alpha value is -1.06. The fourth-order valence-corrected chi connectivity index (χ4v) is 3.42. The number of pyridine rings is 1. The summed E-state index contributed by atoms with van der Waals surface area (Å²) in [4.78, 5) is 4.16. The van der Waals surface area contributed by atoms with Crippen LogP contribution in [0.15, 0.2) is 34.9 Å². The van der Waals surface area contributed by atoms with Crippen LogP contribution in [-0.2, 0) is 12.8 Å². The molecule has 0 fully saturated rings. The number of halogens is 2. The first-order valence-corrected chi connectivity index (χ1v) is 7.95. The molecule has 0 bridgehead atoms. The first-order valence-electron chi connectivity index (χ1n) is 6.78. The van der Waals surface area contributed by atoms with Gasteiger partial charge >= 0.3 is 0 Å². The third-order valence-electron chi connectivity index (χ3n) is 3.86. The van der Waals surface area contributed by atoms with Gasteiger partial charge in [-0.2, -0.15) is 0 Å². The summed E-state index contributed by atoms with van der Waals surface area (Å²) in [6.07, 6.45) is 5.00. The molecule has 0 saturated carbocycles. The normalized spacial score (nSPS) is 17.6. The van der Waals surface area contributed by atoms with Gasteiger partial charge in [-0.3, -0.25) is 0 Å². The van der Waals surface area contributed by atoms with Crippen LogP contribution in [0.5, 0.6) is 0 Å². The Balaban J connectivity index is 1.79. The molecule has 20 heavy (non-hydrogen) atoms. The van der Waals surface area contributed by atoms with E-state index in [0.717, 1.165) is 35.0 Å². The van der Waals surface area contributed by atoms with Gasteiger partial charge in [-0.1, -0.05) is 33.6 Å². The molecule has 2 nitrogen and oxygen atoms in total. The minimum atomic E-state index is 0.420. The van der Waals surface area contributed by atoms with Gasteiger partial charge in [-0.15, -0.1) is 0 Å². The molecule has 0 saturated heterocycles. The molecule has 1 aliphatic rings. The average Bonchev–Trinajstić information content (AvgIpc) is 2.43. The summed E-state index contributed by atoms with van der Waals surface area (Å²) in [5.74, 6) is 0. The number of fused-ring (bicyclic) bond motifs is 1. The van der Waals surface area contributed by atoms with Crippen molar-refractivity contribution in [2.75, 3.05) is 5.32 Å². The fourth-order valence-electron chi connectivity index (χ4n) is 2.75. The van der Waals surface area contributed by atoms with Gasteiger partial charge in [0.05, 0.1) is 5.69 Å². The van der Waals surface area contributed by atoms with Crippen LogP contribution in [0, 0.1) is 6.92 Å². The van der Waals surface area contributed by atoms with Crippen molar-refractivity contribution in [1.82, 2.24) is 4.98 Å². The van der Waals surface area contributed by atoms with E-state index >= 15 is 0 Å². The summed E-state index contributed by atoms with van der Waals surface area (Å²) in [6.45, 7) is 2.06. The number of rotatable bonds is 2. The summed E-state index contributed by atoms with van der Waals surface area (Å²) >= 11 is 9.73. The van der Waals surface area contributed by atoms with Gasteiger partial charge < -0.3 is 5.32 Å². The highest BCUT2D eigenvalue weighted by atomic mass is 79.9. The topological polar surface area (TPSA) is 24.9 Å². The molecule has 0 radical (unpaired) electrons. The van der Waals surface area contributed by atoms with E-state index in [1.165, 1.54) is 11.1 Å². The van der Waals surface area contributed by atoms with Crippen molar-refractivity contribution in [2.24, 2.45) is 0 Å². The van der Waals surface area contributed by atoms with Crippen LogP contribution < -0.4 is 5.32 Å². The van der Waals surface area contributed by atoms with Crippen molar-refractivity contribution in [3.63, 3.8) is 0 Å². The van der Waals surface area contributed by atoms with Crippen LogP contribution in [0.4, 0.5) is 5.69 Å². The number of aryl methyl sites for hydroxylation is 2. The van der Waals surface area contributed by atoms with Gasteiger partial charge in [0, 0.05) is 16.7 Å². The molecule has 0 spiro atoms. The van der Waals surface area contributed by atoms with E-state index in [9.17, 15) is 0 Å². The second-order valence-electron chi connectivity index (χ2n) is 5.29. The van der Waals surface area contributed by atoms with Crippen molar-refractivity contribution >= 4 is 33.2 Å². The molecule has 0 amide bonds. The molecule has 1 heterocycles. The lowest BCUT2D eigenvalue weighted by Gasteiger charge is -2.27. The molecule has 4 heteroatoms. The van der Waals surface area contributed by atoms with E-state index in [1.54, 1.807) is 6.20 Å². The van der Waals surface area contributed by atoms with E-state index in [-0.39, 0.29) is 0 Å². The van der Waals surface area contributed by atoms with Crippen LogP contribution in [-0.4, -0.2) is 11.0 Å². The number of hydrogen-bond donors (Lipinski definition) is 1. The van der Waals surface area contributed by atoms with Crippen molar-refractivity contribution in [2.45, 2.75) is 32.2 Å². The van der Waals surface area contributed by atoms with E-state index in [1.807, 2.05) is 6.07 Å². The van der Waals surface area contributed by atoms with Crippen LogP contribution >= 0.6 is 27.5 Å². The van der Waals surface area contributed by atoms with Crippen molar-refractivity contribution in [3.05, 3.63) is 56.8 Å². The number of hydrogen-bond acceptors (Lipinski definition) is 2. The lowest BCUT2D eigenvalue weighted by Crippen LogP contribution is -2.27. The predicted molar refractivity (Wildman–Crippen MR) is 87.6 cm³/mol. The quantitative estimate of drug-likeness (QED) is 0.788. The Kier molecular flexibility index (Phi) is 3.99. The molecular formula is C16H16BrClN2. The standard InChI is InChI=1S/C16H16BrClN2/c1-10-6-7-19-16(18)15(10)20-14-5-3-11-8-13(17)4-2-12(11)9-14/h2,4,6-8,14,20H,3,5,9H2,1H3. The van der Waals surface area contributed by atoms with Gasteiger partial charge in [-0.05, 0) is 61.1 Å². The summed E-state index contributed by atoms with van der Waals surface area (Å²) in [5, 5.41) is 4.13. The monoisotopic (exact) mass is 350 g/mol. The molecule has 1 aromatic heterocycles. The molecule has 3 rings (SSSR count). The largest absolute Gasteiger partial charge is 0.379 e. The van der Waals surface area contributed by atoms with Gasteiger partial charge in [0.15, 0.2) is 5.15 Å². The van der Waals surface area contributed by atoms with E-state index in [4.69, 9.17) is 11.6 Å². The van der Waals surface area contributed by atoms with Crippen molar-refractivity contribution in [3.8, 4) is 0 Å². The summed E-state index contributed by atoms with van der Waals surface area (Å²) < 4.78 is 1.16. The Morgan fingerprint density at radius 3 is 2.95 bits per heavy atom. The lowest BCUT2D eigenvalue weighted by molar-refractivity contribution is 0.610. The molecular weight excluding hydrogens is 336 g/mol. The van der Waals surface area contributed by atoms with Crippen LogP contribution in [0.2, 0.25) is 5.15 Å². The van der Waals surface area contributed by atoms with Crippen LogP contribution in [0.1, 0.15) is 23.1 Å². The first-order chi connectivity index (χ1) is 9.63. The predicted octanol–water partition coefficient (Wildman–Crippen LogP) is 4.78. The first kappa shape index (κ1) is 13.9. The smallest absolute Gasteiger partial charge is 0.152 e. The maximum absolute atomic E-state index is 6.19. The zero-order valence-corrected chi connectivity index (χ0v) is 13.6. The number of nitrogens with zero attached hydrogens (tertiary/aromatic N) is 1. The Labute approximate surface area is 132 Å². The number of aromatic nitrogens is 1. The van der Waals surface area contributed by atoms with E-state index in [2.05, 4.69) is 51.4 Å². The second kappa shape index (κ2) is 5.74. The molecule has 1 aliphatic carbocycles. The SMILES string of the molecule is Cc1ccnc(Cl)c1NC1CCc2cc(Br)ccc2C1. The summed E-state index contributed by atoms with van der Waals surface area (Å²) in [5.41, 5.74) is 4.99. The Morgan fingerprint density at radius 1 is 1.30 bits per heavy atom. The highest BCUT2D eigenvalue weighted by Gasteiger charge is 2.20. The van der Waals surface area contributed by atoms with E-state index in [0.29, 0.717) is 11.2 Å².